The van der Waals surface area contributed by atoms with Crippen LogP contribution in [-0.2, 0) is 24.2 Å². The second-order valence-electron chi connectivity index (χ2n) is 8.00. The summed E-state index contributed by atoms with van der Waals surface area (Å²) >= 11 is 6.17. The van der Waals surface area contributed by atoms with E-state index in [1.165, 1.54) is 0 Å². The molecule has 0 spiro atoms. The van der Waals surface area contributed by atoms with E-state index in [0.717, 1.165) is 41.0 Å². The molecule has 6 heteroatoms. The number of hydrogen-bond acceptors (Lipinski definition) is 3. The van der Waals surface area contributed by atoms with Gasteiger partial charge < -0.3 is 14.6 Å². The highest BCUT2D eigenvalue weighted by Crippen LogP contribution is 2.23. The number of carbonyl (C=O) groups is 1. The van der Waals surface area contributed by atoms with Crippen molar-refractivity contribution in [3.63, 3.8) is 0 Å². The topological polar surface area (TPSA) is 56.2 Å². The largest absolute Gasteiger partial charge is 0.492 e. The number of nitrogens with one attached hydrogen (secondary N) is 1. The van der Waals surface area contributed by atoms with Crippen LogP contribution < -0.4 is 10.1 Å². The summed E-state index contributed by atoms with van der Waals surface area (Å²) in [6.07, 6.45) is 1.88. The lowest BCUT2D eigenvalue weighted by atomic mass is 10.1. The summed E-state index contributed by atoms with van der Waals surface area (Å²) in [6, 6.07) is 23.6. The summed E-state index contributed by atoms with van der Waals surface area (Å²) in [5, 5.41) is 3.66. The van der Waals surface area contributed by atoms with Crippen LogP contribution in [0.5, 0.6) is 5.75 Å². The normalized spacial score (nSPS) is 11.0. The lowest BCUT2D eigenvalue weighted by molar-refractivity contribution is -0.120. The van der Waals surface area contributed by atoms with E-state index in [4.69, 9.17) is 21.3 Å². The Morgan fingerprint density at radius 1 is 1.03 bits per heavy atom. The van der Waals surface area contributed by atoms with Crippen molar-refractivity contribution < 1.29 is 9.53 Å². The second kappa shape index (κ2) is 11.0. The minimum atomic E-state index is 0.0279. The van der Waals surface area contributed by atoms with Gasteiger partial charge in [-0.3, -0.25) is 4.79 Å². The van der Waals surface area contributed by atoms with E-state index in [0.29, 0.717) is 36.8 Å². The van der Waals surface area contributed by atoms with Crippen LogP contribution in [0.15, 0.2) is 72.8 Å². The molecule has 3 aromatic carbocycles. The third kappa shape index (κ3) is 5.93. The maximum absolute atomic E-state index is 12.4. The average molecular weight is 462 g/mol. The molecule has 0 aliphatic carbocycles. The Morgan fingerprint density at radius 2 is 1.79 bits per heavy atom. The maximum Gasteiger partial charge on any atom is 0.224 e. The van der Waals surface area contributed by atoms with Gasteiger partial charge in [0.05, 0.1) is 29.1 Å². The van der Waals surface area contributed by atoms with Crippen molar-refractivity contribution in [2.45, 2.75) is 32.7 Å². The Bertz CT molecular complexity index is 1240. The van der Waals surface area contributed by atoms with E-state index in [1.807, 2.05) is 73.7 Å². The van der Waals surface area contributed by atoms with Crippen LogP contribution >= 0.6 is 11.6 Å². The monoisotopic (exact) mass is 461 g/mol. The van der Waals surface area contributed by atoms with E-state index < -0.39 is 0 Å². The Balaban J connectivity index is 1.35. The summed E-state index contributed by atoms with van der Waals surface area (Å²) in [4.78, 5) is 17.2. The predicted molar refractivity (Wildman–Crippen MR) is 133 cm³/mol. The molecule has 0 saturated heterocycles. The van der Waals surface area contributed by atoms with E-state index in [9.17, 15) is 4.79 Å². The Labute approximate surface area is 199 Å². The number of benzene rings is 3. The van der Waals surface area contributed by atoms with Crippen LogP contribution in [0.2, 0.25) is 5.02 Å². The first kappa shape index (κ1) is 22.9. The van der Waals surface area contributed by atoms with Gasteiger partial charge >= 0.3 is 0 Å². The van der Waals surface area contributed by atoms with Crippen LogP contribution in [-0.4, -0.2) is 28.6 Å². The van der Waals surface area contributed by atoms with Gasteiger partial charge in [-0.25, -0.2) is 4.98 Å². The van der Waals surface area contributed by atoms with E-state index in [-0.39, 0.29) is 5.91 Å². The molecule has 4 rings (SSSR count). The number of imidazole rings is 1. The van der Waals surface area contributed by atoms with Gasteiger partial charge in [-0.15, -0.1) is 0 Å². The zero-order chi connectivity index (χ0) is 23.0. The lowest BCUT2D eigenvalue weighted by Crippen LogP contribution is -2.28. The standard InChI is InChI=1S/C27H28ClN3O2/c1-20-9-2-3-10-21(20)19-27(32)29-16-15-26-30-23-12-5-6-13-24(23)31(26)17-8-18-33-25-14-7-4-11-22(25)28/h2-7,9-14H,8,15-19H2,1H3,(H,29,32). The number of aryl methyl sites for hydroxylation is 2. The van der Waals surface area contributed by atoms with E-state index in [2.05, 4.69) is 16.0 Å². The number of fused-ring (bicyclic) bond motifs is 1. The molecular formula is C27H28ClN3O2. The molecule has 0 aliphatic rings. The Kier molecular flexibility index (Phi) is 7.63. The smallest absolute Gasteiger partial charge is 0.224 e. The Morgan fingerprint density at radius 3 is 2.64 bits per heavy atom. The first-order valence-electron chi connectivity index (χ1n) is 11.2. The van der Waals surface area contributed by atoms with Crippen LogP contribution in [0.25, 0.3) is 11.0 Å². The van der Waals surface area contributed by atoms with Crippen molar-refractivity contribution in [2.75, 3.05) is 13.2 Å². The van der Waals surface area contributed by atoms with Crippen LogP contribution in [0.3, 0.4) is 0 Å². The van der Waals surface area contributed by atoms with Gasteiger partial charge in [0, 0.05) is 19.5 Å². The van der Waals surface area contributed by atoms with Gasteiger partial charge in [0.2, 0.25) is 5.91 Å². The second-order valence-corrected chi connectivity index (χ2v) is 8.41. The fourth-order valence-electron chi connectivity index (χ4n) is 3.89. The maximum atomic E-state index is 12.4. The summed E-state index contributed by atoms with van der Waals surface area (Å²) in [5.41, 5.74) is 4.25. The highest BCUT2D eigenvalue weighted by atomic mass is 35.5. The van der Waals surface area contributed by atoms with E-state index >= 15 is 0 Å². The number of nitrogens with zero attached hydrogens (tertiary/aromatic N) is 2. The van der Waals surface area contributed by atoms with Crippen LogP contribution in [0, 0.1) is 6.92 Å². The highest BCUT2D eigenvalue weighted by molar-refractivity contribution is 6.32. The number of ether oxygens (including phenoxy) is 1. The SMILES string of the molecule is Cc1ccccc1CC(=O)NCCc1nc2ccccc2n1CCCOc1ccccc1Cl. The molecule has 1 amide bonds. The number of amides is 1. The molecular weight excluding hydrogens is 434 g/mol. The zero-order valence-corrected chi connectivity index (χ0v) is 19.5. The molecule has 0 bridgehead atoms. The minimum absolute atomic E-state index is 0.0279. The van der Waals surface area contributed by atoms with Gasteiger partial charge in [0.15, 0.2) is 0 Å². The minimum Gasteiger partial charge on any atom is -0.492 e. The summed E-state index contributed by atoms with van der Waals surface area (Å²) < 4.78 is 8.06. The van der Waals surface area contributed by atoms with Crippen molar-refractivity contribution in [3.8, 4) is 5.75 Å². The van der Waals surface area contributed by atoms with Gasteiger partial charge in [-0.2, -0.15) is 0 Å². The van der Waals surface area contributed by atoms with E-state index in [1.54, 1.807) is 0 Å². The van der Waals surface area contributed by atoms with Crippen molar-refractivity contribution in [1.82, 2.24) is 14.9 Å². The zero-order valence-electron chi connectivity index (χ0n) is 18.8. The van der Waals surface area contributed by atoms with Gasteiger partial charge in [0.1, 0.15) is 11.6 Å². The molecule has 1 N–H and O–H groups in total. The molecule has 0 saturated carbocycles. The molecule has 0 aliphatic heterocycles. The van der Waals surface area contributed by atoms with Crippen molar-refractivity contribution in [1.29, 1.82) is 0 Å². The number of hydrogen-bond donors (Lipinski definition) is 1. The molecule has 5 nitrogen and oxygen atoms in total. The summed E-state index contributed by atoms with van der Waals surface area (Å²) in [6.45, 7) is 3.91. The Hall–Kier alpha value is -3.31. The number of rotatable bonds is 10. The molecule has 0 unspecified atom stereocenters. The molecule has 170 valence electrons. The van der Waals surface area contributed by atoms with Crippen LogP contribution in [0.1, 0.15) is 23.4 Å². The highest BCUT2D eigenvalue weighted by Gasteiger charge is 2.12. The fourth-order valence-corrected chi connectivity index (χ4v) is 4.08. The average Bonchev–Trinajstić information content (AvgIpc) is 3.16. The third-order valence-corrected chi connectivity index (χ3v) is 5.95. The third-order valence-electron chi connectivity index (χ3n) is 5.64. The fraction of sp³-hybridized carbons (Fsp3) is 0.259. The van der Waals surface area contributed by atoms with Crippen molar-refractivity contribution in [3.05, 3.63) is 94.8 Å². The van der Waals surface area contributed by atoms with Gasteiger partial charge in [-0.1, -0.05) is 60.1 Å². The molecule has 0 radical (unpaired) electrons. The molecule has 0 atom stereocenters. The number of carbonyl (C=O) groups excluding carboxylic acids is 1. The summed E-state index contributed by atoms with van der Waals surface area (Å²) in [5.74, 6) is 1.69. The summed E-state index contributed by atoms with van der Waals surface area (Å²) in [7, 11) is 0. The lowest BCUT2D eigenvalue weighted by Gasteiger charge is -2.12. The molecule has 33 heavy (non-hydrogen) atoms. The molecule has 4 aromatic rings. The van der Waals surface area contributed by atoms with Crippen LogP contribution in [0.4, 0.5) is 0 Å². The van der Waals surface area contributed by atoms with Gasteiger partial charge in [-0.05, 0) is 48.7 Å². The number of halogens is 1. The number of para-hydroxylation sites is 3. The number of aromatic nitrogens is 2. The molecule has 0 fully saturated rings. The van der Waals surface area contributed by atoms with Crippen molar-refractivity contribution in [2.24, 2.45) is 0 Å². The molecule has 1 heterocycles. The predicted octanol–water partition coefficient (Wildman–Crippen LogP) is 5.37. The first-order valence-corrected chi connectivity index (χ1v) is 11.6. The van der Waals surface area contributed by atoms with Crippen molar-refractivity contribution >= 4 is 28.5 Å². The quantitative estimate of drug-likeness (QED) is 0.323. The van der Waals surface area contributed by atoms with Gasteiger partial charge in [0.25, 0.3) is 0 Å². The molecule has 1 aromatic heterocycles. The first-order chi connectivity index (χ1) is 16.1.